The lowest BCUT2D eigenvalue weighted by Crippen LogP contribution is -2.53. The third-order valence-corrected chi connectivity index (χ3v) is 3.38. The normalized spacial score (nSPS) is 15.9. The number of rotatable bonds is 6. The molecular weight excluding hydrogens is 378 g/mol. The van der Waals surface area contributed by atoms with Gasteiger partial charge < -0.3 is 20.9 Å². The molecule has 4 N–H and O–H groups in total. The van der Waals surface area contributed by atoms with Crippen molar-refractivity contribution in [1.82, 2.24) is 5.06 Å². The Morgan fingerprint density at radius 3 is 2.38 bits per heavy atom. The zero-order valence-electron chi connectivity index (χ0n) is 14.3. The highest BCUT2D eigenvalue weighted by Gasteiger charge is 2.32. The minimum atomic E-state index is -0.701. The van der Waals surface area contributed by atoms with Crippen molar-refractivity contribution >= 4 is 28.9 Å². The number of nitrogens with two attached hydrogens (primary N) is 2. The second kappa shape index (κ2) is 8.20. The number of aliphatic imine (C=N–C) groups is 2. The first-order valence-electron chi connectivity index (χ1n) is 7.21. The number of nitrogens with zero attached hydrogens (tertiary/aromatic N) is 3. The van der Waals surface area contributed by atoms with Crippen molar-refractivity contribution in [2.24, 2.45) is 21.5 Å². The third kappa shape index (κ3) is 4.51. The van der Waals surface area contributed by atoms with Crippen LogP contribution in [0.3, 0.4) is 0 Å². The topological polar surface area (TPSA) is 108 Å². The van der Waals surface area contributed by atoms with Gasteiger partial charge in [0.15, 0.2) is 17.2 Å². The Morgan fingerprint density at radius 1 is 1.12 bits per heavy atom. The molecule has 1 heterocycles. The summed E-state index contributed by atoms with van der Waals surface area (Å²) in [4.78, 5) is 13.9. The molecule has 134 valence electrons. The molecule has 0 amide bonds. The Balaban J connectivity index is 0.00000288. The number of benzene rings is 1. The highest BCUT2D eigenvalue weighted by Crippen LogP contribution is 2.28. The number of hydrogen-bond acceptors (Lipinski definition) is 8. The van der Waals surface area contributed by atoms with Gasteiger partial charge in [-0.05, 0) is 38.0 Å². The predicted molar refractivity (Wildman–Crippen MR) is 98.7 cm³/mol. The molecule has 1 aromatic carbocycles. The SMILES string of the molecule is Br.COc1ccc(CCON2C(N)=NC(N)=NC2(C)C)cc1OC. The smallest absolute Gasteiger partial charge is 0.226 e. The van der Waals surface area contributed by atoms with Crippen LogP contribution in [-0.2, 0) is 11.3 Å². The number of hydrogen-bond donors (Lipinski definition) is 2. The van der Waals surface area contributed by atoms with Crippen LogP contribution in [0.25, 0.3) is 0 Å². The summed E-state index contributed by atoms with van der Waals surface area (Å²) >= 11 is 0. The van der Waals surface area contributed by atoms with Gasteiger partial charge in [0.05, 0.1) is 20.8 Å². The van der Waals surface area contributed by atoms with Crippen molar-refractivity contribution < 1.29 is 14.3 Å². The predicted octanol–water partition coefficient (Wildman–Crippen LogP) is 1.44. The van der Waals surface area contributed by atoms with Gasteiger partial charge in [0.1, 0.15) is 0 Å². The van der Waals surface area contributed by atoms with Crippen LogP contribution in [0.4, 0.5) is 0 Å². The fourth-order valence-electron chi connectivity index (χ4n) is 2.31. The summed E-state index contributed by atoms with van der Waals surface area (Å²) in [7, 11) is 3.21. The Morgan fingerprint density at radius 2 is 1.79 bits per heavy atom. The van der Waals surface area contributed by atoms with E-state index in [9.17, 15) is 0 Å². The van der Waals surface area contributed by atoms with E-state index < -0.39 is 5.66 Å². The van der Waals surface area contributed by atoms with Gasteiger partial charge in [-0.2, -0.15) is 10.1 Å². The van der Waals surface area contributed by atoms with Gasteiger partial charge in [-0.15, -0.1) is 17.0 Å². The van der Waals surface area contributed by atoms with E-state index in [0.717, 1.165) is 5.56 Å². The lowest BCUT2D eigenvalue weighted by Gasteiger charge is -2.36. The fourth-order valence-corrected chi connectivity index (χ4v) is 2.31. The van der Waals surface area contributed by atoms with Gasteiger partial charge in [-0.1, -0.05) is 6.07 Å². The number of hydroxylamine groups is 2. The molecule has 1 aromatic rings. The molecule has 0 saturated heterocycles. The first kappa shape index (κ1) is 20.0. The summed E-state index contributed by atoms with van der Waals surface area (Å²) in [5, 5.41) is 1.46. The number of halogens is 1. The molecule has 0 fully saturated rings. The Labute approximate surface area is 152 Å². The number of methoxy groups -OCH3 is 2. The van der Waals surface area contributed by atoms with Gasteiger partial charge in [0, 0.05) is 0 Å². The van der Waals surface area contributed by atoms with Crippen molar-refractivity contribution in [3.63, 3.8) is 0 Å². The zero-order chi connectivity index (χ0) is 17.0. The van der Waals surface area contributed by atoms with E-state index in [1.165, 1.54) is 5.06 Å². The minimum Gasteiger partial charge on any atom is -0.493 e. The molecule has 0 unspecified atom stereocenters. The molecule has 0 radical (unpaired) electrons. The quantitative estimate of drug-likeness (QED) is 0.746. The Hall–Kier alpha value is -2.00. The van der Waals surface area contributed by atoms with Crippen LogP contribution < -0.4 is 20.9 Å². The van der Waals surface area contributed by atoms with E-state index >= 15 is 0 Å². The maximum absolute atomic E-state index is 5.86. The van der Waals surface area contributed by atoms with Crippen LogP contribution in [0.5, 0.6) is 11.5 Å². The van der Waals surface area contributed by atoms with Gasteiger partial charge >= 0.3 is 0 Å². The highest BCUT2D eigenvalue weighted by atomic mass is 79.9. The summed E-state index contributed by atoms with van der Waals surface area (Å²) in [6.45, 7) is 4.10. The molecule has 0 bridgehead atoms. The van der Waals surface area contributed by atoms with E-state index in [-0.39, 0.29) is 28.9 Å². The van der Waals surface area contributed by atoms with Crippen molar-refractivity contribution in [3.05, 3.63) is 23.8 Å². The average molecular weight is 402 g/mol. The average Bonchev–Trinajstić information content (AvgIpc) is 2.48. The van der Waals surface area contributed by atoms with Crippen LogP contribution in [0, 0.1) is 0 Å². The minimum absolute atomic E-state index is 0. The lowest BCUT2D eigenvalue weighted by molar-refractivity contribution is -0.156. The lowest BCUT2D eigenvalue weighted by atomic mass is 10.1. The monoisotopic (exact) mass is 401 g/mol. The van der Waals surface area contributed by atoms with Gasteiger partial charge in [-0.3, -0.25) is 4.84 Å². The molecule has 1 aliphatic rings. The van der Waals surface area contributed by atoms with Crippen LogP contribution in [0.2, 0.25) is 0 Å². The zero-order valence-corrected chi connectivity index (χ0v) is 16.0. The van der Waals surface area contributed by atoms with E-state index in [2.05, 4.69) is 9.98 Å². The second-order valence-corrected chi connectivity index (χ2v) is 5.50. The summed E-state index contributed by atoms with van der Waals surface area (Å²) in [5.41, 5.74) is 11.8. The maximum atomic E-state index is 5.86. The van der Waals surface area contributed by atoms with Crippen LogP contribution in [0.1, 0.15) is 19.4 Å². The van der Waals surface area contributed by atoms with Gasteiger partial charge in [0.25, 0.3) is 0 Å². The van der Waals surface area contributed by atoms with Gasteiger partial charge in [-0.25, -0.2) is 4.99 Å². The molecule has 0 atom stereocenters. The summed E-state index contributed by atoms with van der Waals surface area (Å²) in [6, 6.07) is 5.73. The van der Waals surface area contributed by atoms with Crippen molar-refractivity contribution in [2.45, 2.75) is 25.9 Å². The first-order valence-corrected chi connectivity index (χ1v) is 7.21. The number of ether oxygens (including phenoxy) is 2. The van der Waals surface area contributed by atoms with E-state index in [0.29, 0.717) is 24.5 Å². The molecular formula is C15H24BrN5O3. The largest absolute Gasteiger partial charge is 0.493 e. The Kier molecular flexibility index (Phi) is 6.85. The molecule has 0 aliphatic carbocycles. The molecule has 0 aromatic heterocycles. The number of guanidine groups is 2. The molecule has 0 saturated carbocycles. The van der Waals surface area contributed by atoms with Gasteiger partial charge in [0.2, 0.25) is 11.9 Å². The molecule has 9 heteroatoms. The van der Waals surface area contributed by atoms with Crippen molar-refractivity contribution in [1.29, 1.82) is 0 Å². The first-order chi connectivity index (χ1) is 10.9. The Bertz CT molecular complexity index is 634. The van der Waals surface area contributed by atoms with Crippen molar-refractivity contribution in [3.8, 4) is 11.5 Å². The van der Waals surface area contributed by atoms with Crippen LogP contribution in [-0.4, -0.2) is 43.5 Å². The molecule has 1 aliphatic heterocycles. The fraction of sp³-hybridized carbons (Fsp3) is 0.467. The molecule has 0 spiro atoms. The second-order valence-electron chi connectivity index (χ2n) is 5.50. The van der Waals surface area contributed by atoms with E-state index in [1.54, 1.807) is 14.2 Å². The third-order valence-electron chi connectivity index (χ3n) is 3.38. The van der Waals surface area contributed by atoms with E-state index in [4.69, 9.17) is 25.8 Å². The van der Waals surface area contributed by atoms with E-state index in [1.807, 2.05) is 32.0 Å². The molecule has 2 rings (SSSR count). The molecule has 24 heavy (non-hydrogen) atoms. The summed E-state index contributed by atoms with van der Waals surface area (Å²) in [6.07, 6.45) is 0.666. The van der Waals surface area contributed by atoms with Crippen LogP contribution >= 0.6 is 17.0 Å². The highest BCUT2D eigenvalue weighted by molar-refractivity contribution is 8.93. The molecule has 8 nitrogen and oxygen atoms in total. The standard InChI is InChI=1S/C15H23N5O3.BrH/c1-15(2)19-13(16)18-14(17)20(15)23-8-7-10-5-6-11(21-3)12(9-10)22-4;/h5-6,9H,7-8H2,1-4H3,(H4,16,17,18,19);1H. The van der Waals surface area contributed by atoms with Crippen molar-refractivity contribution in [2.75, 3.05) is 20.8 Å². The maximum Gasteiger partial charge on any atom is 0.226 e. The van der Waals surface area contributed by atoms with Crippen LogP contribution in [0.15, 0.2) is 28.2 Å². The summed E-state index contributed by atoms with van der Waals surface area (Å²) < 4.78 is 10.5. The summed E-state index contributed by atoms with van der Waals surface area (Å²) in [5.74, 6) is 1.71.